The number of rotatable bonds is 3. The van der Waals surface area contributed by atoms with Crippen LogP contribution < -0.4 is 10.6 Å². The monoisotopic (exact) mass is 255 g/mol. The molecule has 5 heteroatoms. The molecule has 1 saturated carbocycles. The van der Waals surface area contributed by atoms with Crippen molar-refractivity contribution in [1.82, 2.24) is 15.6 Å². The number of hydrogen-bond donors (Lipinski definition) is 2. The summed E-state index contributed by atoms with van der Waals surface area (Å²) in [6.45, 7) is 0.724. The van der Waals surface area contributed by atoms with Gasteiger partial charge in [-0.05, 0) is 25.1 Å². The minimum Gasteiger partial charge on any atom is -0.360 e. The van der Waals surface area contributed by atoms with E-state index in [0.29, 0.717) is 6.04 Å². The molecule has 2 N–H and O–H groups in total. The smallest absolute Gasteiger partial charge is 0.166 e. The third-order valence-corrected chi connectivity index (χ3v) is 3.75. The fourth-order valence-electron chi connectivity index (χ4n) is 1.98. The standard InChI is InChI=1S/C11H17N3S2/c15-11(12-6-10-7-16-8-13-10)14-9-4-2-1-3-5-9/h7-9H,1-6H2,(H2,12,14,15). The Morgan fingerprint density at radius 1 is 1.44 bits per heavy atom. The molecule has 1 fully saturated rings. The number of thiazole rings is 1. The molecular formula is C11H17N3S2. The molecule has 1 heterocycles. The Hall–Kier alpha value is -0.680. The van der Waals surface area contributed by atoms with Gasteiger partial charge in [0.1, 0.15) is 0 Å². The SMILES string of the molecule is S=C(NCc1cscn1)NC1CCCCC1. The van der Waals surface area contributed by atoms with Crippen LogP contribution in [0.15, 0.2) is 10.9 Å². The summed E-state index contributed by atoms with van der Waals surface area (Å²) >= 11 is 6.87. The first-order chi connectivity index (χ1) is 7.84. The van der Waals surface area contributed by atoms with Gasteiger partial charge < -0.3 is 10.6 Å². The van der Waals surface area contributed by atoms with Crippen LogP contribution in [0.3, 0.4) is 0 Å². The van der Waals surface area contributed by atoms with E-state index in [0.717, 1.165) is 17.4 Å². The van der Waals surface area contributed by atoms with E-state index in [4.69, 9.17) is 12.2 Å². The van der Waals surface area contributed by atoms with Crippen molar-refractivity contribution in [3.8, 4) is 0 Å². The van der Waals surface area contributed by atoms with Gasteiger partial charge in [0, 0.05) is 11.4 Å². The van der Waals surface area contributed by atoms with Crippen LogP contribution in [0.5, 0.6) is 0 Å². The highest BCUT2D eigenvalue weighted by Crippen LogP contribution is 2.17. The van der Waals surface area contributed by atoms with E-state index >= 15 is 0 Å². The second-order valence-electron chi connectivity index (χ2n) is 4.14. The molecule has 1 aromatic heterocycles. The summed E-state index contributed by atoms with van der Waals surface area (Å²) in [6.07, 6.45) is 6.52. The van der Waals surface area contributed by atoms with Gasteiger partial charge in [-0.1, -0.05) is 19.3 Å². The molecule has 88 valence electrons. The Labute approximate surface area is 106 Å². The van der Waals surface area contributed by atoms with Crippen molar-refractivity contribution in [2.75, 3.05) is 0 Å². The predicted octanol–water partition coefficient (Wildman–Crippen LogP) is 2.44. The zero-order chi connectivity index (χ0) is 11.2. The van der Waals surface area contributed by atoms with Crippen molar-refractivity contribution >= 4 is 28.7 Å². The zero-order valence-electron chi connectivity index (χ0n) is 9.24. The van der Waals surface area contributed by atoms with Crippen LogP contribution in [0, 0.1) is 0 Å². The highest BCUT2D eigenvalue weighted by Gasteiger charge is 2.13. The van der Waals surface area contributed by atoms with E-state index in [2.05, 4.69) is 15.6 Å². The summed E-state index contributed by atoms with van der Waals surface area (Å²) in [5, 5.41) is 9.38. The van der Waals surface area contributed by atoms with Crippen LogP contribution in [-0.2, 0) is 6.54 Å². The number of thiocarbonyl (C=S) groups is 1. The first-order valence-electron chi connectivity index (χ1n) is 5.76. The third-order valence-electron chi connectivity index (χ3n) is 2.85. The summed E-state index contributed by atoms with van der Waals surface area (Å²) < 4.78 is 0. The molecule has 2 rings (SSSR count). The number of nitrogens with zero attached hydrogens (tertiary/aromatic N) is 1. The van der Waals surface area contributed by atoms with E-state index < -0.39 is 0 Å². The molecule has 3 nitrogen and oxygen atoms in total. The maximum atomic E-state index is 5.26. The molecule has 0 spiro atoms. The third kappa shape index (κ3) is 3.72. The highest BCUT2D eigenvalue weighted by atomic mass is 32.1. The molecule has 0 saturated heterocycles. The summed E-state index contributed by atoms with van der Waals surface area (Å²) in [6, 6.07) is 0.573. The average molecular weight is 255 g/mol. The van der Waals surface area contributed by atoms with E-state index in [1.54, 1.807) is 11.3 Å². The molecule has 0 bridgehead atoms. The lowest BCUT2D eigenvalue weighted by atomic mass is 9.96. The first-order valence-corrected chi connectivity index (χ1v) is 7.11. The van der Waals surface area contributed by atoms with Gasteiger partial charge in [0.05, 0.1) is 17.7 Å². The van der Waals surface area contributed by atoms with E-state index in [9.17, 15) is 0 Å². The summed E-state index contributed by atoms with van der Waals surface area (Å²) in [5.41, 5.74) is 2.90. The van der Waals surface area contributed by atoms with Crippen LogP contribution in [-0.4, -0.2) is 16.1 Å². The van der Waals surface area contributed by atoms with Crippen LogP contribution in [0.4, 0.5) is 0 Å². The van der Waals surface area contributed by atoms with Gasteiger partial charge in [0.25, 0.3) is 0 Å². The maximum Gasteiger partial charge on any atom is 0.166 e. The van der Waals surface area contributed by atoms with E-state index in [1.807, 2.05) is 10.9 Å². The minimum atomic E-state index is 0.573. The van der Waals surface area contributed by atoms with Crippen molar-refractivity contribution in [2.24, 2.45) is 0 Å². The van der Waals surface area contributed by atoms with Crippen LogP contribution >= 0.6 is 23.6 Å². The van der Waals surface area contributed by atoms with Gasteiger partial charge in [-0.2, -0.15) is 0 Å². The molecule has 1 aromatic rings. The van der Waals surface area contributed by atoms with Gasteiger partial charge in [-0.15, -0.1) is 11.3 Å². The maximum absolute atomic E-state index is 5.26. The van der Waals surface area contributed by atoms with Gasteiger partial charge in [-0.25, -0.2) is 4.98 Å². The highest BCUT2D eigenvalue weighted by molar-refractivity contribution is 7.80. The van der Waals surface area contributed by atoms with Gasteiger partial charge in [-0.3, -0.25) is 0 Å². The van der Waals surface area contributed by atoms with Crippen molar-refractivity contribution in [3.63, 3.8) is 0 Å². The Morgan fingerprint density at radius 2 is 2.25 bits per heavy atom. The Morgan fingerprint density at radius 3 is 2.94 bits per heavy atom. The van der Waals surface area contributed by atoms with Crippen molar-refractivity contribution in [1.29, 1.82) is 0 Å². The first kappa shape index (κ1) is 11.8. The van der Waals surface area contributed by atoms with E-state index in [-0.39, 0.29) is 0 Å². The number of nitrogens with one attached hydrogen (secondary N) is 2. The quantitative estimate of drug-likeness (QED) is 0.814. The largest absolute Gasteiger partial charge is 0.360 e. The molecule has 0 radical (unpaired) electrons. The summed E-state index contributed by atoms with van der Waals surface area (Å²) in [4.78, 5) is 4.20. The number of hydrogen-bond acceptors (Lipinski definition) is 3. The molecule has 0 aromatic carbocycles. The Kier molecular flexibility index (Phi) is 4.54. The molecule has 0 aliphatic heterocycles. The topological polar surface area (TPSA) is 37.0 Å². The fraction of sp³-hybridized carbons (Fsp3) is 0.636. The molecule has 1 aliphatic rings. The molecule has 0 unspecified atom stereocenters. The van der Waals surface area contributed by atoms with Crippen LogP contribution in [0.25, 0.3) is 0 Å². The lowest BCUT2D eigenvalue weighted by Crippen LogP contribution is -2.42. The van der Waals surface area contributed by atoms with E-state index in [1.165, 1.54) is 32.1 Å². The van der Waals surface area contributed by atoms with Crippen LogP contribution in [0.1, 0.15) is 37.8 Å². The lowest BCUT2D eigenvalue weighted by Gasteiger charge is -2.24. The second kappa shape index (κ2) is 6.15. The van der Waals surface area contributed by atoms with Crippen molar-refractivity contribution in [3.05, 3.63) is 16.6 Å². The molecule has 1 aliphatic carbocycles. The zero-order valence-corrected chi connectivity index (χ0v) is 10.9. The summed E-state index contributed by atoms with van der Waals surface area (Å²) in [5.74, 6) is 0. The van der Waals surface area contributed by atoms with Crippen molar-refractivity contribution < 1.29 is 0 Å². The molecule has 0 amide bonds. The van der Waals surface area contributed by atoms with Gasteiger partial charge in [0.2, 0.25) is 0 Å². The second-order valence-corrected chi connectivity index (χ2v) is 5.27. The molecule has 0 atom stereocenters. The Balaban J connectivity index is 1.67. The normalized spacial score (nSPS) is 17.0. The lowest BCUT2D eigenvalue weighted by molar-refractivity contribution is 0.412. The fourth-order valence-corrected chi connectivity index (χ4v) is 2.78. The minimum absolute atomic E-state index is 0.573. The summed E-state index contributed by atoms with van der Waals surface area (Å²) in [7, 11) is 0. The number of aromatic nitrogens is 1. The Bertz CT molecular complexity index is 318. The van der Waals surface area contributed by atoms with Gasteiger partial charge >= 0.3 is 0 Å². The molecular weight excluding hydrogens is 238 g/mol. The average Bonchev–Trinajstić information content (AvgIpc) is 2.81. The molecule has 16 heavy (non-hydrogen) atoms. The van der Waals surface area contributed by atoms with Crippen molar-refractivity contribution in [2.45, 2.75) is 44.7 Å². The van der Waals surface area contributed by atoms with Gasteiger partial charge in [0.15, 0.2) is 5.11 Å². The predicted molar refractivity (Wildman–Crippen MR) is 71.6 cm³/mol. The van der Waals surface area contributed by atoms with Crippen LogP contribution in [0.2, 0.25) is 0 Å².